The van der Waals surface area contributed by atoms with Crippen molar-refractivity contribution in [2.24, 2.45) is 0 Å². The highest BCUT2D eigenvalue weighted by atomic mass is 32.1. The largest absolute Gasteiger partial charge is 0.374 e. The number of ether oxygens (including phenoxy) is 1. The van der Waals surface area contributed by atoms with Crippen LogP contribution in [0.15, 0.2) is 17.5 Å². The third-order valence-electron chi connectivity index (χ3n) is 3.65. The van der Waals surface area contributed by atoms with Gasteiger partial charge >= 0.3 is 0 Å². The van der Waals surface area contributed by atoms with E-state index >= 15 is 0 Å². The lowest BCUT2D eigenvalue weighted by atomic mass is 10.0. The summed E-state index contributed by atoms with van der Waals surface area (Å²) in [5.74, 6) is 0. The molecule has 18 heavy (non-hydrogen) atoms. The van der Waals surface area contributed by atoms with Crippen molar-refractivity contribution in [3.8, 4) is 0 Å². The number of thiophene rings is 1. The molecule has 0 radical (unpaired) electrons. The summed E-state index contributed by atoms with van der Waals surface area (Å²) in [6.45, 7) is 5.51. The fourth-order valence-electron chi connectivity index (χ4n) is 2.63. The quantitative estimate of drug-likeness (QED) is 0.815. The molecule has 2 rings (SSSR count). The lowest BCUT2D eigenvalue weighted by molar-refractivity contribution is 0.0302. The van der Waals surface area contributed by atoms with Crippen molar-refractivity contribution in [2.45, 2.75) is 64.2 Å². The molecule has 1 aliphatic heterocycles. The first kappa shape index (κ1) is 14.0. The van der Waals surface area contributed by atoms with Crippen LogP contribution in [-0.2, 0) is 11.2 Å². The Morgan fingerprint density at radius 2 is 2.39 bits per heavy atom. The Bertz CT molecular complexity index is 325. The minimum Gasteiger partial charge on any atom is -0.374 e. The fraction of sp³-hybridized carbons (Fsp3) is 0.733. The van der Waals surface area contributed by atoms with E-state index in [4.69, 9.17) is 4.74 Å². The van der Waals surface area contributed by atoms with Crippen LogP contribution in [0.4, 0.5) is 0 Å². The van der Waals surface area contributed by atoms with E-state index in [0.717, 1.165) is 6.54 Å². The Kier molecular flexibility index (Phi) is 5.67. The third kappa shape index (κ3) is 4.08. The van der Waals surface area contributed by atoms with Gasteiger partial charge in [0.25, 0.3) is 0 Å². The molecule has 1 N–H and O–H groups in total. The molecule has 1 aromatic rings. The molecule has 1 aromatic heterocycles. The zero-order chi connectivity index (χ0) is 12.8. The molecule has 0 amide bonds. The van der Waals surface area contributed by atoms with Crippen molar-refractivity contribution in [2.75, 3.05) is 6.54 Å². The SMILES string of the molecule is CCCNC(CCc1cccs1)C1CCC(C)O1. The summed E-state index contributed by atoms with van der Waals surface area (Å²) in [6, 6.07) is 4.90. The van der Waals surface area contributed by atoms with Crippen molar-refractivity contribution < 1.29 is 4.74 Å². The van der Waals surface area contributed by atoms with E-state index in [2.05, 4.69) is 36.7 Å². The topological polar surface area (TPSA) is 21.3 Å². The average Bonchev–Trinajstić information content (AvgIpc) is 3.01. The standard InChI is InChI=1S/C15H25NOS/c1-3-10-16-14(15-9-6-12(2)17-15)8-7-13-5-4-11-18-13/h4-5,11-12,14-16H,3,6-10H2,1-2H3. The van der Waals surface area contributed by atoms with E-state index in [-0.39, 0.29) is 0 Å². The van der Waals surface area contributed by atoms with Crippen LogP contribution in [0.1, 0.15) is 44.4 Å². The molecule has 3 heteroatoms. The molecule has 102 valence electrons. The van der Waals surface area contributed by atoms with Gasteiger partial charge in [-0.05, 0) is 57.0 Å². The number of hydrogen-bond acceptors (Lipinski definition) is 3. The molecular formula is C15H25NOS. The maximum atomic E-state index is 6.03. The zero-order valence-electron chi connectivity index (χ0n) is 11.5. The predicted molar refractivity (Wildman–Crippen MR) is 78.3 cm³/mol. The molecule has 1 saturated heterocycles. The van der Waals surface area contributed by atoms with Gasteiger partial charge in [-0.1, -0.05) is 13.0 Å². The van der Waals surface area contributed by atoms with Gasteiger partial charge in [-0.25, -0.2) is 0 Å². The molecular weight excluding hydrogens is 242 g/mol. The summed E-state index contributed by atoms with van der Waals surface area (Å²) < 4.78 is 6.03. The van der Waals surface area contributed by atoms with E-state index in [9.17, 15) is 0 Å². The van der Waals surface area contributed by atoms with Crippen LogP contribution < -0.4 is 5.32 Å². The second-order valence-corrected chi connectivity index (χ2v) is 6.27. The van der Waals surface area contributed by atoms with Crippen molar-refractivity contribution in [3.63, 3.8) is 0 Å². The Balaban J connectivity index is 1.84. The maximum absolute atomic E-state index is 6.03. The summed E-state index contributed by atoms with van der Waals surface area (Å²) in [6.07, 6.45) is 6.86. The first-order valence-electron chi connectivity index (χ1n) is 7.20. The summed E-state index contributed by atoms with van der Waals surface area (Å²) >= 11 is 1.86. The van der Waals surface area contributed by atoms with Gasteiger partial charge in [0.05, 0.1) is 12.2 Å². The Hall–Kier alpha value is -0.380. The highest BCUT2D eigenvalue weighted by Gasteiger charge is 2.28. The van der Waals surface area contributed by atoms with Gasteiger partial charge in [0, 0.05) is 10.9 Å². The van der Waals surface area contributed by atoms with Crippen molar-refractivity contribution in [3.05, 3.63) is 22.4 Å². The second-order valence-electron chi connectivity index (χ2n) is 5.24. The Morgan fingerprint density at radius 1 is 1.50 bits per heavy atom. The van der Waals surface area contributed by atoms with Gasteiger partial charge in [0.15, 0.2) is 0 Å². The minimum absolute atomic E-state index is 0.423. The molecule has 3 atom stereocenters. The smallest absolute Gasteiger partial charge is 0.0732 e. The number of aryl methyl sites for hydroxylation is 1. The molecule has 2 nitrogen and oxygen atoms in total. The van der Waals surface area contributed by atoms with Gasteiger partial charge in [-0.3, -0.25) is 0 Å². The molecule has 3 unspecified atom stereocenters. The normalized spacial score (nSPS) is 25.4. The second kappa shape index (κ2) is 7.27. The van der Waals surface area contributed by atoms with Crippen molar-refractivity contribution >= 4 is 11.3 Å². The molecule has 0 aliphatic carbocycles. The highest BCUT2D eigenvalue weighted by Crippen LogP contribution is 2.24. The third-order valence-corrected chi connectivity index (χ3v) is 4.59. The van der Waals surface area contributed by atoms with E-state index in [1.54, 1.807) is 0 Å². The van der Waals surface area contributed by atoms with Crippen LogP contribution in [-0.4, -0.2) is 24.8 Å². The van der Waals surface area contributed by atoms with Crippen LogP contribution in [0.5, 0.6) is 0 Å². The van der Waals surface area contributed by atoms with Crippen molar-refractivity contribution in [1.82, 2.24) is 5.32 Å². The van der Waals surface area contributed by atoms with Gasteiger partial charge in [-0.2, -0.15) is 0 Å². The van der Waals surface area contributed by atoms with Crippen LogP contribution in [0.2, 0.25) is 0 Å². The van der Waals surface area contributed by atoms with E-state index in [0.29, 0.717) is 18.2 Å². The van der Waals surface area contributed by atoms with E-state index in [1.807, 2.05) is 11.3 Å². The van der Waals surface area contributed by atoms with Gasteiger partial charge in [0.1, 0.15) is 0 Å². The fourth-order valence-corrected chi connectivity index (χ4v) is 3.36. The number of hydrogen-bond donors (Lipinski definition) is 1. The number of nitrogens with one attached hydrogen (secondary N) is 1. The van der Waals surface area contributed by atoms with E-state index in [1.165, 1.54) is 37.0 Å². The van der Waals surface area contributed by atoms with Gasteiger partial charge in [-0.15, -0.1) is 11.3 Å². The van der Waals surface area contributed by atoms with Crippen LogP contribution in [0.3, 0.4) is 0 Å². The molecule has 0 spiro atoms. The molecule has 1 aliphatic rings. The summed E-state index contributed by atoms with van der Waals surface area (Å²) in [7, 11) is 0. The summed E-state index contributed by atoms with van der Waals surface area (Å²) in [4.78, 5) is 1.49. The van der Waals surface area contributed by atoms with E-state index < -0.39 is 0 Å². The monoisotopic (exact) mass is 267 g/mol. The van der Waals surface area contributed by atoms with Crippen LogP contribution in [0.25, 0.3) is 0 Å². The molecule has 1 fully saturated rings. The van der Waals surface area contributed by atoms with Gasteiger partial charge < -0.3 is 10.1 Å². The van der Waals surface area contributed by atoms with Gasteiger partial charge in [0.2, 0.25) is 0 Å². The Labute approximate surface area is 115 Å². The molecule has 2 heterocycles. The highest BCUT2D eigenvalue weighted by molar-refractivity contribution is 7.09. The van der Waals surface area contributed by atoms with Crippen molar-refractivity contribution in [1.29, 1.82) is 0 Å². The average molecular weight is 267 g/mol. The first-order chi connectivity index (χ1) is 8.79. The van der Waals surface area contributed by atoms with Crippen LogP contribution in [0, 0.1) is 0 Å². The zero-order valence-corrected chi connectivity index (χ0v) is 12.3. The molecule has 0 aromatic carbocycles. The lowest BCUT2D eigenvalue weighted by Crippen LogP contribution is -2.40. The molecule has 0 bridgehead atoms. The minimum atomic E-state index is 0.423. The maximum Gasteiger partial charge on any atom is 0.0732 e. The van der Waals surface area contributed by atoms with Crippen LogP contribution >= 0.6 is 11.3 Å². The number of rotatable bonds is 7. The molecule has 0 saturated carbocycles. The lowest BCUT2D eigenvalue weighted by Gasteiger charge is -2.24. The Morgan fingerprint density at radius 3 is 3.00 bits per heavy atom. The first-order valence-corrected chi connectivity index (χ1v) is 8.08. The summed E-state index contributed by atoms with van der Waals surface area (Å²) in [5.41, 5.74) is 0. The summed E-state index contributed by atoms with van der Waals surface area (Å²) in [5, 5.41) is 5.84. The predicted octanol–water partition coefficient (Wildman–Crippen LogP) is 3.62.